The van der Waals surface area contributed by atoms with Gasteiger partial charge < -0.3 is 25.3 Å². The van der Waals surface area contributed by atoms with Crippen LogP contribution in [0.5, 0.6) is 0 Å². The second-order valence-corrected chi connectivity index (χ2v) is 4.84. The Kier molecular flexibility index (Phi) is 4.46. The van der Waals surface area contributed by atoms with Gasteiger partial charge in [-0.1, -0.05) is 0 Å². The summed E-state index contributed by atoms with van der Waals surface area (Å²) in [5.74, 6) is -0.422. The fraction of sp³-hybridized carbons (Fsp3) is 0.500. The molecule has 0 amide bonds. The molecular formula is C14H20N2O4. The maximum Gasteiger partial charge on any atom is 0.340 e. The molecule has 1 saturated heterocycles. The smallest absolute Gasteiger partial charge is 0.340 e. The molecule has 6 nitrogen and oxygen atoms in total. The van der Waals surface area contributed by atoms with E-state index in [1.165, 1.54) is 7.11 Å². The number of ether oxygens (including phenoxy) is 3. The summed E-state index contributed by atoms with van der Waals surface area (Å²) in [4.78, 5) is 11.8. The van der Waals surface area contributed by atoms with Gasteiger partial charge in [0, 0.05) is 38.1 Å². The van der Waals surface area contributed by atoms with Crippen LogP contribution >= 0.6 is 0 Å². The molecule has 6 heteroatoms. The van der Waals surface area contributed by atoms with E-state index in [0.717, 1.165) is 6.42 Å². The lowest BCUT2D eigenvalue weighted by atomic mass is 10.0. The molecule has 0 aromatic heterocycles. The van der Waals surface area contributed by atoms with Gasteiger partial charge in [-0.15, -0.1) is 0 Å². The van der Waals surface area contributed by atoms with Crippen molar-refractivity contribution < 1.29 is 19.0 Å². The normalized spacial score (nSPS) is 21.7. The summed E-state index contributed by atoms with van der Waals surface area (Å²) in [6, 6.07) is 5.10. The van der Waals surface area contributed by atoms with Gasteiger partial charge in [-0.3, -0.25) is 0 Å². The average Bonchev–Trinajstić information content (AvgIpc) is 2.94. The molecule has 0 bridgehead atoms. The number of benzene rings is 1. The van der Waals surface area contributed by atoms with Crippen molar-refractivity contribution in [3.05, 3.63) is 23.8 Å². The number of rotatable bonds is 5. The van der Waals surface area contributed by atoms with E-state index in [-0.39, 0.29) is 5.60 Å². The summed E-state index contributed by atoms with van der Waals surface area (Å²) in [6.45, 7) is 1.78. The Morgan fingerprint density at radius 1 is 1.50 bits per heavy atom. The molecule has 110 valence electrons. The van der Waals surface area contributed by atoms with Crippen LogP contribution in [0.4, 0.5) is 11.4 Å². The lowest BCUT2D eigenvalue weighted by molar-refractivity contribution is -0.00622. The van der Waals surface area contributed by atoms with E-state index < -0.39 is 5.97 Å². The number of hydrogen-bond donors (Lipinski definition) is 2. The topological polar surface area (TPSA) is 82.8 Å². The first-order chi connectivity index (χ1) is 9.60. The monoisotopic (exact) mass is 280 g/mol. The Balaban J connectivity index is 2.14. The third kappa shape index (κ3) is 3.02. The van der Waals surface area contributed by atoms with Crippen LogP contribution in [-0.4, -0.2) is 45.5 Å². The van der Waals surface area contributed by atoms with Crippen molar-refractivity contribution in [2.75, 3.05) is 45.0 Å². The molecule has 1 unspecified atom stereocenters. The molecule has 0 saturated carbocycles. The fourth-order valence-corrected chi connectivity index (χ4v) is 2.21. The highest BCUT2D eigenvalue weighted by molar-refractivity contribution is 5.96. The van der Waals surface area contributed by atoms with Crippen LogP contribution in [0.2, 0.25) is 0 Å². The Labute approximate surface area is 118 Å². The molecule has 1 fully saturated rings. The molecule has 1 atom stereocenters. The highest BCUT2D eigenvalue weighted by atomic mass is 16.5. The van der Waals surface area contributed by atoms with Gasteiger partial charge in [0.25, 0.3) is 0 Å². The quantitative estimate of drug-likeness (QED) is 0.624. The van der Waals surface area contributed by atoms with Crippen LogP contribution in [0.3, 0.4) is 0 Å². The summed E-state index contributed by atoms with van der Waals surface area (Å²) in [7, 11) is 3.01. The van der Waals surface area contributed by atoms with E-state index in [9.17, 15) is 4.79 Å². The average molecular weight is 280 g/mol. The minimum atomic E-state index is -0.422. The molecule has 1 heterocycles. The number of carbonyl (C=O) groups is 1. The van der Waals surface area contributed by atoms with E-state index in [1.54, 1.807) is 25.3 Å². The van der Waals surface area contributed by atoms with Crippen molar-refractivity contribution in [2.24, 2.45) is 0 Å². The molecule has 0 radical (unpaired) electrons. The van der Waals surface area contributed by atoms with Crippen LogP contribution < -0.4 is 11.1 Å². The molecule has 1 aromatic rings. The molecule has 2 rings (SSSR count). The Bertz CT molecular complexity index is 484. The fourth-order valence-electron chi connectivity index (χ4n) is 2.21. The summed E-state index contributed by atoms with van der Waals surface area (Å²) in [6.07, 6.45) is 0.818. The van der Waals surface area contributed by atoms with Crippen LogP contribution in [0.1, 0.15) is 16.8 Å². The molecule has 0 spiro atoms. The van der Waals surface area contributed by atoms with Crippen LogP contribution in [0.15, 0.2) is 18.2 Å². The number of anilines is 2. The maximum absolute atomic E-state index is 11.8. The predicted octanol–water partition coefficient (Wildman–Crippen LogP) is 1.27. The highest BCUT2D eigenvalue weighted by Crippen LogP contribution is 2.25. The van der Waals surface area contributed by atoms with Crippen LogP contribution in [0.25, 0.3) is 0 Å². The number of nitrogens with one attached hydrogen (secondary N) is 1. The van der Waals surface area contributed by atoms with Gasteiger partial charge in [-0.05, 0) is 18.2 Å². The number of nitrogen functional groups attached to an aromatic ring is 1. The Morgan fingerprint density at radius 3 is 2.90 bits per heavy atom. The first-order valence-electron chi connectivity index (χ1n) is 6.45. The molecular weight excluding hydrogens is 260 g/mol. The van der Waals surface area contributed by atoms with Crippen molar-refractivity contribution in [2.45, 2.75) is 12.0 Å². The van der Waals surface area contributed by atoms with E-state index in [0.29, 0.717) is 36.7 Å². The highest BCUT2D eigenvalue weighted by Gasteiger charge is 2.35. The largest absolute Gasteiger partial charge is 0.465 e. The second kappa shape index (κ2) is 6.11. The zero-order chi connectivity index (χ0) is 14.6. The van der Waals surface area contributed by atoms with E-state index >= 15 is 0 Å². The Hall–Kier alpha value is -1.79. The minimum absolute atomic E-state index is 0.352. The maximum atomic E-state index is 11.8. The molecule has 3 N–H and O–H groups in total. The van der Waals surface area contributed by atoms with Crippen molar-refractivity contribution in [3.8, 4) is 0 Å². The standard InChI is InChI=1S/C14H20N2O4/c1-18-13(17)11-7-10(15)3-4-12(11)16-8-14(19-2)5-6-20-9-14/h3-4,7,16H,5-6,8-9,15H2,1-2H3. The number of hydrogen-bond acceptors (Lipinski definition) is 6. The van der Waals surface area contributed by atoms with Gasteiger partial charge in [0.1, 0.15) is 5.60 Å². The molecule has 1 aliphatic heterocycles. The number of esters is 1. The number of nitrogens with two attached hydrogens (primary N) is 1. The first kappa shape index (κ1) is 14.6. The van der Waals surface area contributed by atoms with E-state index in [1.807, 2.05) is 0 Å². The van der Waals surface area contributed by atoms with Crippen molar-refractivity contribution >= 4 is 17.3 Å². The molecule has 1 aromatic carbocycles. The van der Waals surface area contributed by atoms with Crippen molar-refractivity contribution in [1.29, 1.82) is 0 Å². The van der Waals surface area contributed by atoms with Gasteiger partial charge in [-0.25, -0.2) is 4.79 Å². The predicted molar refractivity (Wildman–Crippen MR) is 75.9 cm³/mol. The Morgan fingerprint density at radius 2 is 2.30 bits per heavy atom. The van der Waals surface area contributed by atoms with Gasteiger partial charge in [0.05, 0.1) is 19.3 Å². The summed E-state index contributed by atoms with van der Waals surface area (Å²) in [5, 5.41) is 3.23. The summed E-state index contributed by atoms with van der Waals surface area (Å²) < 4.78 is 15.7. The number of carbonyl (C=O) groups excluding carboxylic acids is 1. The van der Waals surface area contributed by atoms with E-state index in [4.69, 9.17) is 19.9 Å². The van der Waals surface area contributed by atoms with Gasteiger partial charge in [0.2, 0.25) is 0 Å². The van der Waals surface area contributed by atoms with Crippen molar-refractivity contribution in [3.63, 3.8) is 0 Å². The third-order valence-electron chi connectivity index (χ3n) is 3.55. The number of methoxy groups -OCH3 is 2. The van der Waals surface area contributed by atoms with Gasteiger partial charge in [-0.2, -0.15) is 0 Å². The second-order valence-electron chi connectivity index (χ2n) is 4.84. The van der Waals surface area contributed by atoms with Crippen LogP contribution in [-0.2, 0) is 14.2 Å². The lowest BCUT2D eigenvalue weighted by Crippen LogP contribution is -2.39. The van der Waals surface area contributed by atoms with E-state index in [2.05, 4.69) is 5.32 Å². The molecule has 1 aliphatic rings. The summed E-state index contributed by atoms with van der Waals surface area (Å²) >= 11 is 0. The minimum Gasteiger partial charge on any atom is -0.465 e. The van der Waals surface area contributed by atoms with Gasteiger partial charge in [0.15, 0.2) is 0 Å². The van der Waals surface area contributed by atoms with Crippen LogP contribution in [0, 0.1) is 0 Å². The third-order valence-corrected chi connectivity index (χ3v) is 3.55. The van der Waals surface area contributed by atoms with Crippen molar-refractivity contribution in [1.82, 2.24) is 0 Å². The lowest BCUT2D eigenvalue weighted by Gasteiger charge is -2.27. The molecule has 20 heavy (non-hydrogen) atoms. The SMILES string of the molecule is COC(=O)c1cc(N)ccc1NCC1(OC)CCOC1. The zero-order valence-corrected chi connectivity index (χ0v) is 11.8. The van der Waals surface area contributed by atoms with Gasteiger partial charge >= 0.3 is 5.97 Å². The zero-order valence-electron chi connectivity index (χ0n) is 11.8. The molecule has 0 aliphatic carbocycles. The first-order valence-corrected chi connectivity index (χ1v) is 6.45. The summed E-state index contributed by atoms with van der Waals surface area (Å²) in [5.41, 5.74) is 6.96.